The number of rotatable bonds is 5. The quantitative estimate of drug-likeness (QED) is 0.839. The lowest BCUT2D eigenvalue weighted by atomic mass is 10.1. The summed E-state index contributed by atoms with van der Waals surface area (Å²) < 4.78 is 7.29. The van der Waals surface area contributed by atoms with Gasteiger partial charge >= 0.3 is 0 Å². The third-order valence-corrected chi connectivity index (χ3v) is 3.20. The highest BCUT2D eigenvalue weighted by atomic mass is 16.5. The summed E-state index contributed by atoms with van der Waals surface area (Å²) in [4.78, 5) is 0. The van der Waals surface area contributed by atoms with Crippen molar-refractivity contribution in [2.24, 2.45) is 7.05 Å². The zero-order valence-corrected chi connectivity index (χ0v) is 11.7. The molecule has 19 heavy (non-hydrogen) atoms. The van der Waals surface area contributed by atoms with Gasteiger partial charge in [-0.1, -0.05) is 13.3 Å². The Morgan fingerprint density at radius 1 is 1.26 bits per heavy atom. The van der Waals surface area contributed by atoms with E-state index in [9.17, 15) is 5.11 Å². The van der Waals surface area contributed by atoms with Gasteiger partial charge in [0.1, 0.15) is 11.4 Å². The first kappa shape index (κ1) is 13.5. The second kappa shape index (κ2) is 5.78. The molecule has 2 rings (SSSR count). The predicted molar refractivity (Wildman–Crippen MR) is 75.4 cm³/mol. The van der Waals surface area contributed by atoms with E-state index in [2.05, 4.69) is 12.0 Å². The summed E-state index contributed by atoms with van der Waals surface area (Å²) in [5, 5.41) is 14.3. The summed E-state index contributed by atoms with van der Waals surface area (Å²) in [6.45, 7) is 4.72. The fourth-order valence-electron chi connectivity index (χ4n) is 1.83. The first-order chi connectivity index (χ1) is 9.13. The third-order valence-electron chi connectivity index (χ3n) is 3.20. The van der Waals surface area contributed by atoms with Gasteiger partial charge in [0.2, 0.25) is 0 Å². The van der Waals surface area contributed by atoms with E-state index in [1.54, 1.807) is 4.68 Å². The summed E-state index contributed by atoms with van der Waals surface area (Å²) in [5.74, 6) is 1.09. The lowest BCUT2D eigenvalue weighted by molar-refractivity contribution is 0.309. The number of ether oxygens (including phenoxy) is 1. The Morgan fingerprint density at radius 3 is 2.47 bits per heavy atom. The number of unbranched alkanes of at least 4 members (excludes halogenated alkanes) is 1. The van der Waals surface area contributed by atoms with Gasteiger partial charge in [-0.15, -0.1) is 0 Å². The van der Waals surface area contributed by atoms with Crippen molar-refractivity contribution in [2.75, 3.05) is 6.61 Å². The molecule has 1 heterocycles. The van der Waals surface area contributed by atoms with Crippen LogP contribution in [0.15, 0.2) is 24.3 Å². The van der Waals surface area contributed by atoms with Crippen molar-refractivity contribution in [3.8, 4) is 22.8 Å². The first-order valence-corrected chi connectivity index (χ1v) is 6.59. The van der Waals surface area contributed by atoms with Crippen LogP contribution in [0.1, 0.15) is 25.5 Å². The normalized spacial score (nSPS) is 10.7. The first-order valence-electron chi connectivity index (χ1n) is 6.59. The molecule has 0 fully saturated rings. The van der Waals surface area contributed by atoms with Crippen LogP contribution < -0.4 is 4.74 Å². The molecule has 0 amide bonds. The second-order valence-electron chi connectivity index (χ2n) is 4.63. The van der Waals surface area contributed by atoms with E-state index in [1.807, 2.05) is 38.2 Å². The number of aryl methyl sites for hydroxylation is 1. The van der Waals surface area contributed by atoms with Gasteiger partial charge in [0.15, 0.2) is 5.75 Å². The molecule has 4 heteroatoms. The lowest BCUT2D eigenvalue weighted by Crippen LogP contribution is -1.96. The van der Waals surface area contributed by atoms with Gasteiger partial charge in [-0.25, -0.2) is 0 Å². The predicted octanol–water partition coefficient (Wildman–Crippen LogP) is 3.28. The molecule has 0 atom stereocenters. The highest BCUT2D eigenvalue weighted by Gasteiger charge is 2.13. The molecule has 102 valence electrons. The van der Waals surface area contributed by atoms with Crippen LogP contribution in [0.4, 0.5) is 0 Å². The molecule has 0 saturated heterocycles. The Hall–Kier alpha value is -1.97. The highest BCUT2D eigenvalue weighted by Crippen LogP contribution is 2.31. The van der Waals surface area contributed by atoms with Gasteiger partial charge in [0.05, 0.1) is 12.3 Å². The molecule has 0 spiro atoms. The van der Waals surface area contributed by atoms with Crippen molar-refractivity contribution in [3.63, 3.8) is 0 Å². The highest BCUT2D eigenvalue weighted by molar-refractivity contribution is 5.67. The summed E-state index contributed by atoms with van der Waals surface area (Å²) in [6, 6.07) is 7.66. The van der Waals surface area contributed by atoms with Gasteiger partial charge in [-0.3, -0.25) is 4.68 Å². The van der Waals surface area contributed by atoms with Crippen LogP contribution in [0.2, 0.25) is 0 Å². The smallest absolute Gasteiger partial charge is 0.164 e. The minimum Gasteiger partial charge on any atom is -0.504 e. The maximum Gasteiger partial charge on any atom is 0.164 e. The Kier molecular flexibility index (Phi) is 4.10. The fourth-order valence-corrected chi connectivity index (χ4v) is 1.83. The van der Waals surface area contributed by atoms with E-state index in [1.165, 1.54) is 0 Å². The Bertz CT molecular complexity index is 544. The van der Waals surface area contributed by atoms with E-state index in [0.717, 1.165) is 36.5 Å². The van der Waals surface area contributed by atoms with Crippen molar-refractivity contribution < 1.29 is 9.84 Å². The summed E-state index contributed by atoms with van der Waals surface area (Å²) in [7, 11) is 1.82. The van der Waals surface area contributed by atoms with Crippen LogP contribution in [0.5, 0.6) is 11.5 Å². The van der Waals surface area contributed by atoms with Crippen molar-refractivity contribution in [3.05, 3.63) is 30.0 Å². The average Bonchev–Trinajstić information content (AvgIpc) is 2.68. The van der Waals surface area contributed by atoms with Gasteiger partial charge in [-0.05, 0) is 37.6 Å². The van der Waals surface area contributed by atoms with Crippen LogP contribution in [0, 0.1) is 6.92 Å². The van der Waals surface area contributed by atoms with Crippen molar-refractivity contribution in [1.29, 1.82) is 0 Å². The lowest BCUT2D eigenvalue weighted by Gasteiger charge is -2.05. The molecule has 0 aliphatic heterocycles. The molecular formula is C15H20N2O2. The van der Waals surface area contributed by atoms with Crippen molar-refractivity contribution >= 4 is 0 Å². The molecule has 0 unspecified atom stereocenters. The molecule has 0 aliphatic carbocycles. The minimum atomic E-state index is 0.238. The Morgan fingerprint density at radius 2 is 1.95 bits per heavy atom. The molecule has 0 bridgehead atoms. The molecule has 1 N–H and O–H groups in total. The fraction of sp³-hybridized carbons (Fsp3) is 0.400. The van der Waals surface area contributed by atoms with Gasteiger partial charge in [0, 0.05) is 12.6 Å². The largest absolute Gasteiger partial charge is 0.504 e. The van der Waals surface area contributed by atoms with E-state index in [0.29, 0.717) is 5.69 Å². The van der Waals surface area contributed by atoms with Crippen molar-refractivity contribution in [2.45, 2.75) is 26.7 Å². The summed E-state index contributed by atoms with van der Waals surface area (Å²) in [6.07, 6.45) is 2.18. The Balaban J connectivity index is 2.15. The number of hydrogen-bond acceptors (Lipinski definition) is 3. The molecule has 1 aromatic heterocycles. The monoisotopic (exact) mass is 260 g/mol. The standard InChI is InChI=1S/C15H20N2O2/c1-4-5-10-19-13-8-6-12(7-9-13)14-15(18)11(2)17(3)16-14/h6-9,18H,4-5,10H2,1-3H3. The van der Waals surface area contributed by atoms with E-state index in [-0.39, 0.29) is 5.75 Å². The molecule has 0 radical (unpaired) electrons. The summed E-state index contributed by atoms with van der Waals surface area (Å²) in [5.41, 5.74) is 2.27. The van der Waals surface area contributed by atoms with Crippen LogP contribution in [-0.4, -0.2) is 21.5 Å². The number of aromatic hydroxyl groups is 1. The van der Waals surface area contributed by atoms with E-state index < -0.39 is 0 Å². The van der Waals surface area contributed by atoms with Gasteiger partial charge in [0.25, 0.3) is 0 Å². The number of hydrogen-bond donors (Lipinski definition) is 1. The molecule has 2 aromatic rings. The molecular weight excluding hydrogens is 240 g/mol. The zero-order chi connectivity index (χ0) is 13.8. The average molecular weight is 260 g/mol. The van der Waals surface area contributed by atoms with Gasteiger partial charge < -0.3 is 9.84 Å². The third kappa shape index (κ3) is 2.89. The van der Waals surface area contributed by atoms with Crippen LogP contribution in [-0.2, 0) is 7.05 Å². The number of benzene rings is 1. The maximum atomic E-state index is 10.00. The van der Waals surface area contributed by atoms with Crippen LogP contribution in [0.25, 0.3) is 11.3 Å². The van der Waals surface area contributed by atoms with Gasteiger partial charge in [-0.2, -0.15) is 5.10 Å². The molecule has 4 nitrogen and oxygen atoms in total. The van der Waals surface area contributed by atoms with E-state index >= 15 is 0 Å². The van der Waals surface area contributed by atoms with Crippen molar-refractivity contribution in [1.82, 2.24) is 9.78 Å². The molecule has 1 aromatic carbocycles. The Labute approximate surface area is 113 Å². The molecule has 0 aliphatic rings. The topological polar surface area (TPSA) is 47.3 Å². The number of nitrogens with zero attached hydrogens (tertiary/aromatic N) is 2. The van der Waals surface area contributed by atoms with E-state index in [4.69, 9.17) is 4.74 Å². The number of aromatic nitrogens is 2. The van der Waals surface area contributed by atoms with Crippen LogP contribution >= 0.6 is 0 Å². The maximum absolute atomic E-state index is 10.00. The zero-order valence-electron chi connectivity index (χ0n) is 11.7. The molecule has 0 saturated carbocycles. The minimum absolute atomic E-state index is 0.238. The summed E-state index contributed by atoms with van der Waals surface area (Å²) >= 11 is 0. The van der Waals surface area contributed by atoms with Crippen LogP contribution in [0.3, 0.4) is 0 Å². The SMILES string of the molecule is CCCCOc1ccc(-c2nn(C)c(C)c2O)cc1. The second-order valence-corrected chi connectivity index (χ2v) is 4.63.